The zero-order chi connectivity index (χ0) is 12.5. The van der Waals surface area contributed by atoms with E-state index in [1.807, 2.05) is 11.9 Å². The van der Waals surface area contributed by atoms with Crippen LogP contribution in [0.4, 0.5) is 0 Å². The molecule has 1 aliphatic rings. The third-order valence-corrected chi connectivity index (χ3v) is 3.36. The smallest absolute Gasteiger partial charge is 0.236 e. The Morgan fingerprint density at radius 1 is 1.18 bits per heavy atom. The fourth-order valence-electron chi connectivity index (χ4n) is 2.27. The van der Waals surface area contributed by atoms with Crippen molar-refractivity contribution < 1.29 is 4.79 Å². The lowest BCUT2D eigenvalue weighted by Crippen LogP contribution is -2.41. The van der Waals surface area contributed by atoms with Crippen LogP contribution < -0.4 is 5.73 Å². The molecule has 0 bridgehead atoms. The molecule has 1 saturated heterocycles. The minimum Gasteiger partial charge on any atom is -0.342 e. The Kier molecular flexibility index (Phi) is 7.21. The predicted molar refractivity (Wildman–Crippen MR) is 70.8 cm³/mol. The predicted octanol–water partition coefficient (Wildman–Crippen LogP) is 1.06. The first-order chi connectivity index (χ1) is 8.24. The summed E-state index contributed by atoms with van der Waals surface area (Å²) in [4.78, 5) is 16.2. The van der Waals surface area contributed by atoms with E-state index < -0.39 is 0 Å². The topological polar surface area (TPSA) is 49.6 Å². The summed E-state index contributed by atoms with van der Waals surface area (Å²) in [5, 5.41) is 0. The van der Waals surface area contributed by atoms with E-state index in [2.05, 4.69) is 4.90 Å². The molecule has 0 atom stereocenters. The Balaban J connectivity index is 2.28. The molecule has 4 nitrogen and oxygen atoms in total. The molecule has 0 aromatic carbocycles. The van der Waals surface area contributed by atoms with Crippen molar-refractivity contribution in [1.82, 2.24) is 9.80 Å². The van der Waals surface area contributed by atoms with Gasteiger partial charge < -0.3 is 10.6 Å². The zero-order valence-corrected chi connectivity index (χ0v) is 11.2. The molecule has 1 fully saturated rings. The molecule has 1 heterocycles. The monoisotopic (exact) mass is 241 g/mol. The fourth-order valence-corrected chi connectivity index (χ4v) is 2.27. The number of hydrogen-bond donors (Lipinski definition) is 1. The highest BCUT2D eigenvalue weighted by Crippen LogP contribution is 2.10. The van der Waals surface area contributed by atoms with Crippen LogP contribution >= 0.6 is 0 Å². The summed E-state index contributed by atoms with van der Waals surface area (Å²) in [5.74, 6) is 0.284. The van der Waals surface area contributed by atoms with E-state index in [9.17, 15) is 4.79 Å². The van der Waals surface area contributed by atoms with E-state index in [-0.39, 0.29) is 5.91 Å². The summed E-state index contributed by atoms with van der Waals surface area (Å²) in [6.45, 7) is 4.05. The molecule has 2 N–H and O–H groups in total. The van der Waals surface area contributed by atoms with Crippen LogP contribution in [-0.4, -0.2) is 55.5 Å². The molecule has 0 radical (unpaired) electrons. The van der Waals surface area contributed by atoms with Gasteiger partial charge in [0, 0.05) is 13.1 Å². The summed E-state index contributed by atoms with van der Waals surface area (Å²) in [6.07, 6.45) is 7.16. The summed E-state index contributed by atoms with van der Waals surface area (Å²) in [7, 11) is 2.00. The average molecular weight is 241 g/mol. The maximum atomic E-state index is 12.1. The van der Waals surface area contributed by atoms with Gasteiger partial charge in [-0.3, -0.25) is 9.69 Å². The van der Waals surface area contributed by atoms with Crippen LogP contribution in [0.5, 0.6) is 0 Å². The highest BCUT2D eigenvalue weighted by atomic mass is 16.2. The normalized spacial score (nSPS) is 17.9. The van der Waals surface area contributed by atoms with Gasteiger partial charge in [0.25, 0.3) is 0 Å². The van der Waals surface area contributed by atoms with Crippen LogP contribution in [0, 0.1) is 0 Å². The molecule has 0 aromatic rings. The van der Waals surface area contributed by atoms with Crippen molar-refractivity contribution in [3.63, 3.8) is 0 Å². The summed E-state index contributed by atoms with van der Waals surface area (Å²) < 4.78 is 0. The Morgan fingerprint density at radius 3 is 2.35 bits per heavy atom. The number of amides is 1. The highest BCUT2D eigenvalue weighted by molar-refractivity contribution is 5.78. The van der Waals surface area contributed by atoms with Crippen LogP contribution in [0.1, 0.15) is 38.5 Å². The second kappa shape index (κ2) is 8.48. The van der Waals surface area contributed by atoms with E-state index in [1.165, 1.54) is 19.3 Å². The molecule has 1 amide bonds. The van der Waals surface area contributed by atoms with E-state index in [0.29, 0.717) is 13.1 Å². The molecule has 0 aliphatic carbocycles. The van der Waals surface area contributed by atoms with Gasteiger partial charge in [0.2, 0.25) is 5.91 Å². The van der Waals surface area contributed by atoms with Crippen molar-refractivity contribution in [1.29, 1.82) is 0 Å². The molecule has 0 saturated carbocycles. The maximum Gasteiger partial charge on any atom is 0.236 e. The van der Waals surface area contributed by atoms with Crippen LogP contribution in [0.15, 0.2) is 0 Å². The van der Waals surface area contributed by atoms with E-state index in [0.717, 1.165) is 38.9 Å². The van der Waals surface area contributed by atoms with Crippen LogP contribution in [0.3, 0.4) is 0 Å². The molecule has 0 aromatic heterocycles. The standard InChI is InChI=1S/C13H27N3O/c1-15(9-7-8-14)12-13(17)16-10-5-3-2-4-6-11-16/h2-12,14H2,1H3. The zero-order valence-electron chi connectivity index (χ0n) is 11.2. The van der Waals surface area contributed by atoms with Crippen molar-refractivity contribution in [2.24, 2.45) is 5.73 Å². The molecule has 0 unspecified atom stereocenters. The summed E-state index contributed by atoms with van der Waals surface area (Å²) >= 11 is 0. The highest BCUT2D eigenvalue weighted by Gasteiger charge is 2.15. The fraction of sp³-hybridized carbons (Fsp3) is 0.923. The van der Waals surface area contributed by atoms with Gasteiger partial charge in [-0.2, -0.15) is 0 Å². The average Bonchev–Trinajstić information content (AvgIpc) is 2.25. The molecule has 1 aliphatic heterocycles. The number of nitrogens with zero attached hydrogens (tertiary/aromatic N) is 2. The molecular weight excluding hydrogens is 214 g/mol. The molecule has 0 spiro atoms. The first-order valence-electron chi connectivity index (χ1n) is 6.90. The lowest BCUT2D eigenvalue weighted by Gasteiger charge is -2.27. The molecule has 100 valence electrons. The minimum absolute atomic E-state index is 0.284. The van der Waals surface area contributed by atoms with Crippen LogP contribution in [0.2, 0.25) is 0 Å². The second-order valence-electron chi connectivity index (χ2n) is 5.03. The van der Waals surface area contributed by atoms with Crippen molar-refractivity contribution in [3.8, 4) is 0 Å². The number of hydrogen-bond acceptors (Lipinski definition) is 3. The Hall–Kier alpha value is -0.610. The van der Waals surface area contributed by atoms with Gasteiger partial charge in [-0.1, -0.05) is 19.3 Å². The third-order valence-electron chi connectivity index (χ3n) is 3.36. The first kappa shape index (κ1) is 14.5. The number of likely N-dealkylation sites (tertiary alicyclic amines) is 1. The number of nitrogens with two attached hydrogens (primary N) is 1. The Bertz CT molecular complexity index is 213. The van der Waals surface area contributed by atoms with Gasteiger partial charge in [0.15, 0.2) is 0 Å². The van der Waals surface area contributed by atoms with Crippen LogP contribution in [-0.2, 0) is 4.79 Å². The van der Waals surface area contributed by atoms with Gasteiger partial charge in [-0.25, -0.2) is 0 Å². The summed E-state index contributed by atoms with van der Waals surface area (Å²) in [5.41, 5.74) is 5.47. The Labute approximate surface area is 105 Å². The van der Waals surface area contributed by atoms with Crippen molar-refractivity contribution in [2.45, 2.75) is 38.5 Å². The molecule has 1 rings (SSSR count). The quantitative estimate of drug-likeness (QED) is 0.783. The Morgan fingerprint density at radius 2 is 1.76 bits per heavy atom. The van der Waals surface area contributed by atoms with Gasteiger partial charge in [0.1, 0.15) is 0 Å². The van der Waals surface area contributed by atoms with Crippen molar-refractivity contribution in [3.05, 3.63) is 0 Å². The minimum atomic E-state index is 0.284. The lowest BCUT2D eigenvalue weighted by molar-refractivity contribution is -0.132. The van der Waals surface area contributed by atoms with Gasteiger partial charge in [-0.05, 0) is 39.4 Å². The lowest BCUT2D eigenvalue weighted by atomic mass is 10.1. The SMILES string of the molecule is CN(CCCN)CC(=O)N1CCCCCCC1. The molecule has 4 heteroatoms. The van der Waals surface area contributed by atoms with Crippen molar-refractivity contribution >= 4 is 5.91 Å². The van der Waals surface area contributed by atoms with Gasteiger partial charge >= 0.3 is 0 Å². The van der Waals surface area contributed by atoms with E-state index >= 15 is 0 Å². The second-order valence-corrected chi connectivity index (χ2v) is 5.03. The largest absolute Gasteiger partial charge is 0.342 e. The molecular formula is C13H27N3O. The van der Waals surface area contributed by atoms with Gasteiger partial charge in [0.05, 0.1) is 6.54 Å². The summed E-state index contributed by atoms with van der Waals surface area (Å²) in [6, 6.07) is 0. The van der Waals surface area contributed by atoms with Gasteiger partial charge in [-0.15, -0.1) is 0 Å². The first-order valence-corrected chi connectivity index (χ1v) is 6.90. The number of carbonyl (C=O) groups is 1. The third kappa shape index (κ3) is 6.03. The van der Waals surface area contributed by atoms with E-state index in [1.54, 1.807) is 0 Å². The van der Waals surface area contributed by atoms with Crippen molar-refractivity contribution in [2.75, 3.05) is 39.8 Å². The van der Waals surface area contributed by atoms with E-state index in [4.69, 9.17) is 5.73 Å². The number of likely N-dealkylation sites (N-methyl/N-ethyl adjacent to an activating group) is 1. The number of rotatable bonds is 5. The maximum absolute atomic E-state index is 12.1. The van der Waals surface area contributed by atoms with Crippen LogP contribution in [0.25, 0.3) is 0 Å². The molecule has 17 heavy (non-hydrogen) atoms. The number of carbonyl (C=O) groups excluding carboxylic acids is 1.